The van der Waals surface area contributed by atoms with E-state index in [1.807, 2.05) is 0 Å². The predicted molar refractivity (Wildman–Crippen MR) is 296 cm³/mol. The normalized spacial score (nSPS) is 13.1. The first-order valence-corrected chi connectivity index (χ1v) is 31.3. The number of rotatable bonds is 59. The average Bonchev–Trinajstić information content (AvgIpc) is 3.33. The van der Waals surface area contributed by atoms with Crippen LogP contribution < -0.4 is 5.32 Å². The van der Waals surface area contributed by atoms with Crippen LogP contribution in [0.25, 0.3) is 0 Å². The average molecular weight is 949 g/mol. The van der Waals surface area contributed by atoms with Gasteiger partial charge in [-0.1, -0.05) is 354 Å². The van der Waals surface area contributed by atoms with Gasteiger partial charge in [0, 0.05) is 0 Å². The lowest BCUT2D eigenvalue weighted by Gasteiger charge is -2.23. The summed E-state index contributed by atoms with van der Waals surface area (Å²) >= 11 is 0. The van der Waals surface area contributed by atoms with Crippen molar-refractivity contribution in [1.29, 1.82) is 0 Å². The van der Waals surface area contributed by atoms with Crippen molar-refractivity contribution >= 4 is 5.91 Å². The van der Waals surface area contributed by atoms with Gasteiger partial charge in [-0.25, -0.2) is 0 Å². The molecular weight excluding hydrogens is 823 g/mol. The van der Waals surface area contributed by atoms with E-state index in [9.17, 15) is 20.1 Å². The molecule has 0 saturated carbocycles. The van der Waals surface area contributed by atoms with E-state index >= 15 is 0 Å². The van der Waals surface area contributed by atoms with Gasteiger partial charge in [0.05, 0.1) is 18.8 Å². The van der Waals surface area contributed by atoms with Crippen LogP contribution in [0.3, 0.4) is 0 Å². The molecule has 4 N–H and O–H groups in total. The Hall–Kier alpha value is -0.650. The molecule has 0 aliphatic heterocycles. The Balaban J connectivity index is 3.43. The fraction of sp³-hybridized carbons (Fsp3) is 0.984. The Labute approximate surface area is 421 Å². The number of hydrogen-bond donors (Lipinski definition) is 4. The van der Waals surface area contributed by atoms with Crippen LogP contribution in [0.1, 0.15) is 367 Å². The fourth-order valence-corrected chi connectivity index (χ4v) is 10.4. The van der Waals surface area contributed by atoms with Crippen molar-refractivity contribution in [2.24, 2.45) is 0 Å². The Morgan fingerprint density at radius 2 is 0.478 bits per heavy atom. The highest BCUT2D eigenvalue weighted by Crippen LogP contribution is 2.19. The summed E-state index contributed by atoms with van der Waals surface area (Å²) in [6, 6.07) is -0.708. The van der Waals surface area contributed by atoms with E-state index in [0.717, 1.165) is 32.1 Å². The SMILES string of the molecule is CCCCCCCCCCCCCCCCCCCCCCCCCCCCCCCCCCCCC(O)C(=O)NC(CO)C(O)CCCCCCCCCCCCCCCCCCCCC. The molecule has 67 heavy (non-hydrogen) atoms. The number of nitrogens with one attached hydrogen (secondary N) is 1. The van der Waals surface area contributed by atoms with Gasteiger partial charge < -0.3 is 20.6 Å². The van der Waals surface area contributed by atoms with Gasteiger partial charge >= 0.3 is 0 Å². The highest BCUT2D eigenvalue weighted by atomic mass is 16.3. The van der Waals surface area contributed by atoms with Gasteiger partial charge in [0.25, 0.3) is 0 Å². The standard InChI is InChI=1S/C62H125NO4/c1-3-5-7-9-11-13-15-17-19-21-23-24-25-26-27-28-29-30-31-32-33-34-35-36-37-39-41-43-45-47-49-51-53-55-57-61(66)62(67)63-59(58-64)60(65)56-54-52-50-48-46-44-42-40-38-22-20-18-16-14-12-10-8-6-4-2/h59-61,64-66H,3-58H2,1-2H3,(H,63,67). The molecule has 0 bridgehead atoms. The minimum atomic E-state index is -1.07. The van der Waals surface area contributed by atoms with E-state index in [1.165, 1.54) is 308 Å². The van der Waals surface area contributed by atoms with Crippen molar-refractivity contribution in [1.82, 2.24) is 5.32 Å². The van der Waals surface area contributed by atoms with Gasteiger partial charge in [-0.3, -0.25) is 4.79 Å². The molecule has 0 aliphatic rings. The first-order chi connectivity index (χ1) is 33.1. The zero-order valence-corrected chi connectivity index (χ0v) is 46.1. The molecule has 0 aromatic rings. The van der Waals surface area contributed by atoms with E-state index in [4.69, 9.17) is 0 Å². The number of aliphatic hydroxyl groups is 3. The third-order valence-electron chi connectivity index (χ3n) is 15.2. The van der Waals surface area contributed by atoms with E-state index in [1.54, 1.807) is 0 Å². The Morgan fingerprint density at radius 1 is 0.299 bits per heavy atom. The van der Waals surface area contributed by atoms with Crippen molar-refractivity contribution in [3.05, 3.63) is 0 Å². The number of carbonyl (C=O) groups is 1. The monoisotopic (exact) mass is 948 g/mol. The van der Waals surface area contributed by atoms with Crippen molar-refractivity contribution in [3.63, 3.8) is 0 Å². The fourth-order valence-electron chi connectivity index (χ4n) is 10.4. The van der Waals surface area contributed by atoms with Crippen LogP contribution >= 0.6 is 0 Å². The molecule has 0 aliphatic carbocycles. The van der Waals surface area contributed by atoms with Gasteiger partial charge in [-0.05, 0) is 12.8 Å². The highest BCUT2D eigenvalue weighted by Gasteiger charge is 2.23. The molecule has 0 radical (unpaired) electrons. The molecular formula is C62H125NO4. The van der Waals surface area contributed by atoms with Gasteiger partial charge in [-0.2, -0.15) is 0 Å². The molecule has 0 heterocycles. The molecule has 0 aromatic carbocycles. The second-order valence-corrected chi connectivity index (χ2v) is 22.0. The molecule has 5 nitrogen and oxygen atoms in total. The van der Waals surface area contributed by atoms with Crippen LogP contribution in [0.15, 0.2) is 0 Å². The third kappa shape index (κ3) is 53.0. The van der Waals surface area contributed by atoms with Gasteiger partial charge in [0.2, 0.25) is 5.91 Å². The van der Waals surface area contributed by atoms with Crippen LogP contribution in [0, 0.1) is 0 Å². The highest BCUT2D eigenvalue weighted by molar-refractivity contribution is 5.80. The van der Waals surface area contributed by atoms with Gasteiger partial charge in [0.1, 0.15) is 6.10 Å². The molecule has 3 unspecified atom stereocenters. The molecule has 0 aromatic heterocycles. The third-order valence-corrected chi connectivity index (χ3v) is 15.2. The van der Waals surface area contributed by atoms with Crippen molar-refractivity contribution in [2.75, 3.05) is 6.61 Å². The van der Waals surface area contributed by atoms with Gasteiger partial charge in [-0.15, -0.1) is 0 Å². The summed E-state index contributed by atoms with van der Waals surface area (Å²) in [6.45, 7) is 4.28. The van der Waals surface area contributed by atoms with Crippen LogP contribution in [0.2, 0.25) is 0 Å². The second kappa shape index (κ2) is 57.9. The van der Waals surface area contributed by atoms with Crippen LogP contribution in [-0.2, 0) is 4.79 Å². The molecule has 0 saturated heterocycles. The first-order valence-electron chi connectivity index (χ1n) is 31.3. The summed E-state index contributed by atoms with van der Waals surface area (Å²) in [5.74, 6) is -0.461. The predicted octanol–water partition coefficient (Wildman–Crippen LogP) is 19.7. The summed E-state index contributed by atoms with van der Waals surface area (Å²) < 4.78 is 0. The largest absolute Gasteiger partial charge is 0.394 e. The summed E-state index contributed by atoms with van der Waals surface area (Å²) in [5, 5.41) is 33.6. The summed E-state index contributed by atoms with van der Waals surface area (Å²) in [5.41, 5.74) is 0. The number of hydrogen-bond acceptors (Lipinski definition) is 4. The van der Waals surface area contributed by atoms with Crippen LogP contribution in [-0.4, -0.2) is 46.1 Å². The minimum Gasteiger partial charge on any atom is -0.394 e. The summed E-state index contributed by atoms with van der Waals surface area (Å²) in [4.78, 5) is 12.6. The number of aliphatic hydroxyl groups excluding tert-OH is 3. The van der Waals surface area contributed by atoms with E-state index in [-0.39, 0.29) is 6.61 Å². The maximum atomic E-state index is 12.6. The topological polar surface area (TPSA) is 89.8 Å². The number of unbranched alkanes of at least 4 members (excludes halogenated alkanes) is 51. The van der Waals surface area contributed by atoms with Gasteiger partial charge in [0.15, 0.2) is 0 Å². The Bertz CT molecular complexity index is 914. The van der Waals surface area contributed by atoms with Crippen molar-refractivity contribution < 1.29 is 20.1 Å². The Kier molecular flexibility index (Phi) is 57.4. The lowest BCUT2D eigenvalue weighted by Crippen LogP contribution is -2.49. The lowest BCUT2D eigenvalue weighted by atomic mass is 10.0. The molecule has 0 fully saturated rings. The van der Waals surface area contributed by atoms with Crippen LogP contribution in [0.5, 0.6) is 0 Å². The van der Waals surface area contributed by atoms with Crippen molar-refractivity contribution in [2.45, 2.75) is 385 Å². The smallest absolute Gasteiger partial charge is 0.249 e. The van der Waals surface area contributed by atoms with E-state index in [2.05, 4.69) is 19.2 Å². The summed E-state index contributed by atoms with van der Waals surface area (Å²) in [6.07, 6.45) is 71.8. The minimum absolute atomic E-state index is 0.307. The molecule has 3 atom stereocenters. The molecule has 402 valence electrons. The van der Waals surface area contributed by atoms with Crippen LogP contribution in [0.4, 0.5) is 0 Å². The number of amides is 1. The second-order valence-electron chi connectivity index (χ2n) is 22.0. The molecule has 0 spiro atoms. The zero-order chi connectivity index (χ0) is 48.6. The summed E-state index contributed by atoms with van der Waals surface area (Å²) in [7, 11) is 0. The number of carbonyl (C=O) groups excluding carboxylic acids is 1. The van der Waals surface area contributed by atoms with E-state index < -0.39 is 24.2 Å². The lowest BCUT2D eigenvalue weighted by molar-refractivity contribution is -0.131. The molecule has 1 amide bonds. The maximum absolute atomic E-state index is 12.6. The van der Waals surface area contributed by atoms with E-state index in [0.29, 0.717) is 12.8 Å². The maximum Gasteiger partial charge on any atom is 0.249 e. The molecule has 5 heteroatoms. The molecule has 0 rings (SSSR count). The first kappa shape index (κ1) is 66.3. The van der Waals surface area contributed by atoms with Crippen molar-refractivity contribution in [3.8, 4) is 0 Å². The quantitative estimate of drug-likeness (QED) is 0.0457. The Morgan fingerprint density at radius 3 is 0.672 bits per heavy atom. The zero-order valence-electron chi connectivity index (χ0n) is 46.1.